The molecule has 0 aliphatic carbocycles. The van der Waals surface area contributed by atoms with Crippen LogP contribution in [0, 0.1) is 12.8 Å². The van der Waals surface area contributed by atoms with Gasteiger partial charge in [-0.1, -0.05) is 38.1 Å². The molecule has 0 fully saturated rings. The number of nitrogen functional groups attached to an aromatic ring is 1. The standard InChI is InChI=1S/C16H20N4O/c1-10(2)8-19-16(21)13-9-18-15(20-14(13)17)12-7-5-4-6-11(12)3/h4-7,9-10H,8H2,1-3H3,(H,19,21)(H2,17,18,20). The molecular formula is C16H20N4O. The van der Waals surface area contributed by atoms with Crippen LogP contribution in [0.3, 0.4) is 0 Å². The maximum Gasteiger partial charge on any atom is 0.256 e. The van der Waals surface area contributed by atoms with Crippen LogP contribution in [0.2, 0.25) is 0 Å². The number of hydrogen-bond donors (Lipinski definition) is 2. The largest absolute Gasteiger partial charge is 0.383 e. The Labute approximate surface area is 124 Å². The molecule has 2 aromatic rings. The van der Waals surface area contributed by atoms with E-state index in [0.717, 1.165) is 11.1 Å². The molecule has 5 nitrogen and oxygen atoms in total. The Hall–Kier alpha value is -2.43. The molecule has 0 spiro atoms. The second-order valence-electron chi connectivity index (χ2n) is 5.41. The van der Waals surface area contributed by atoms with E-state index >= 15 is 0 Å². The second kappa shape index (κ2) is 6.35. The summed E-state index contributed by atoms with van der Waals surface area (Å²) in [5.74, 6) is 0.871. The molecular weight excluding hydrogens is 264 g/mol. The lowest BCUT2D eigenvalue weighted by molar-refractivity contribution is 0.0949. The van der Waals surface area contributed by atoms with E-state index in [1.54, 1.807) is 0 Å². The molecule has 5 heteroatoms. The minimum absolute atomic E-state index is 0.199. The van der Waals surface area contributed by atoms with Gasteiger partial charge in [-0.15, -0.1) is 0 Å². The number of nitrogens with one attached hydrogen (secondary N) is 1. The Kier molecular flexibility index (Phi) is 4.52. The number of aromatic nitrogens is 2. The van der Waals surface area contributed by atoms with Crippen molar-refractivity contribution in [3.63, 3.8) is 0 Å². The number of rotatable bonds is 4. The van der Waals surface area contributed by atoms with E-state index in [-0.39, 0.29) is 11.7 Å². The first-order valence-electron chi connectivity index (χ1n) is 6.95. The first kappa shape index (κ1) is 15.0. The lowest BCUT2D eigenvalue weighted by Crippen LogP contribution is -2.28. The minimum atomic E-state index is -0.238. The van der Waals surface area contributed by atoms with Gasteiger partial charge in [0.05, 0.1) is 5.56 Å². The number of carbonyl (C=O) groups excluding carboxylic acids is 1. The molecule has 21 heavy (non-hydrogen) atoms. The molecule has 0 saturated heterocycles. The summed E-state index contributed by atoms with van der Waals surface area (Å²) in [6, 6.07) is 7.79. The van der Waals surface area contributed by atoms with Crippen LogP contribution in [-0.2, 0) is 0 Å². The van der Waals surface area contributed by atoms with Crippen LogP contribution in [0.4, 0.5) is 5.82 Å². The van der Waals surface area contributed by atoms with Crippen LogP contribution in [0.5, 0.6) is 0 Å². The van der Waals surface area contributed by atoms with E-state index in [0.29, 0.717) is 23.9 Å². The number of hydrogen-bond acceptors (Lipinski definition) is 4. The molecule has 1 amide bonds. The average Bonchev–Trinajstić information content (AvgIpc) is 2.45. The third-order valence-electron chi connectivity index (χ3n) is 3.12. The van der Waals surface area contributed by atoms with Gasteiger partial charge in [-0.25, -0.2) is 9.97 Å². The van der Waals surface area contributed by atoms with Crippen molar-refractivity contribution < 1.29 is 4.79 Å². The van der Waals surface area contributed by atoms with Crippen molar-refractivity contribution in [2.24, 2.45) is 5.92 Å². The summed E-state index contributed by atoms with van der Waals surface area (Å²) in [6.45, 7) is 6.64. The molecule has 0 unspecified atom stereocenters. The fourth-order valence-electron chi connectivity index (χ4n) is 1.92. The molecule has 0 saturated carbocycles. The molecule has 1 heterocycles. The number of anilines is 1. The zero-order valence-corrected chi connectivity index (χ0v) is 12.6. The summed E-state index contributed by atoms with van der Waals surface area (Å²) < 4.78 is 0. The topological polar surface area (TPSA) is 80.9 Å². The molecule has 0 aliphatic rings. The monoisotopic (exact) mass is 284 g/mol. The van der Waals surface area contributed by atoms with Gasteiger partial charge >= 0.3 is 0 Å². The van der Waals surface area contributed by atoms with Crippen LogP contribution >= 0.6 is 0 Å². The molecule has 0 radical (unpaired) electrons. The summed E-state index contributed by atoms with van der Waals surface area (Å²) in [5, 5.41) is 2.81. The molecule has 3 N–H and O–H groups in total. The van der Waals surface area contributed by atoms with Crippen LogP contribution in [0.15, 0.2) is 30.5 Å². The highest BCUT2D eigenvalue weighted by Crippen LogP contribution is 2.21. The van der Waals surface area contributed by atoms with Crippen molar-refractivity contribution in [1.82, 2.24) is 15.3 Å². The van der Waals surface area contributed by atoms with Crippen LogP contribution < -0.4 is 11.1 Å². The Morgan fingerprint density at radius 3 is 2.67 bits per heavy atom. The van der Waals surface area contributed by atoms with Crippen LogP contribution in [-0.4, -0.2) is 22.4 Å². The highest BCUT2D eigenvalue weighted by molar-refractivity contribution is 5.98. The summed E-state index contributed by atoms with van der Waals surface area (Å²) in [5.41, 5.74) is 8.20. The zero-order chi connectivity index (χ0) is 15.4. The van der Waals surface area contributed by atoms with Crippen molar-refractivity contribution in [3.05, 3.63) is 41.6 Å². The lowest BCUT2D eigenvalue weighted by Gasteiger charge is -2.10. The number of benzene rings is 1. The van der Waals surface area contributed by atoms with Crippen molar-refractivity contribution in [1.29, 1.82) is 0 Å². The molecule has 2 rings (SSSR count). The molecule has 0 atom stereocenters. The number of carbonyl (C=O) groups is 1. The zero-order valence-electron chi connectivity index (χ0n) is 12.6. The third kappa shape index (κ3) is 3.56. The first-order valence-corrected chi connectivity index (χ1v) is 6.95. The van der Waals surface area contributed by atoms with E-state index in [1.807, 2.05) is 45.0 Å². The minimum Gasteiger partial charge on any atom is -0.383 e. The number of amides is 1. The maximum absolute atomic E-state index is 12.0. The van der Waals surface area contributed by atoms with Gasteiger partial charge in [0, 0.05) is 18.3 Å². The fraction of sp³-hybridized carbons (Fsp3) is 0.312. The predicted octanol–water partition coefficient (Wildman–Crippen LogP) is 2.42. The Morgan fingerprint density at radius 2 is 2.05 bits per heavy atom. The average molecular weight is 284 g/mol. The summed E-state index contributed by atoms with van der Waals surface area (Å²) in [6.07, 6.45) is 1.49. The van der Waals surface area contributed by atoms with E-state index in [2.05, 4.69) is 15.3 Å². The van der Waals surface area contributed by atoms with Crippen molar-refractivity contribution in [3.8, 4) is 11.4 Å². The normalized spacial score (nSPS) is 10.7. The number of nitrogens with zero attached hydrogens (tertiary/aromatic N) is 2. The molecule has 0 aliphatic heterocycles. The number of nitrogens with two attached hydrogens (primary N) is 1. The van der Waals surface area contributed by atoms with Gasteiger partial charge < -0.3 is 11.1 Å². The van der Waals surface area contributed by atoms with Gasteiger partial charge in [0.2, 0.25) is 0 Å². The van der Waals surface area contributed by atoms with Gasteiger partial charge in [-0.3, -0.25) is 4.79 Å². The van der Waals surface area contributed by atoms with Gasteiger partial charge in [-0.2, -0.15) is 0 Å². The van der Waals surface area contributed by atoms with Gasteiger partial charge in [0.1, 0.15) is 5.82 Å². The van der Waals surface area contributed by atoms with Crippen LogP contribution in [0.25, 0.3) is 11.4 Å². The van der Waals surface area contributed by atoms with E-state index in [4.69, 9.17) is 5.73 Å². The Morgan fingerprint density at radius 1 is 1.33 bits per heavy atom. The smallest absolute Gasteiger partial charge is 0.256 e. The first-order chi connectivity index (χ1) is 9.99. The highest BCUT2D eigenvalue weighted by Gasteiger charge is 2.14. The Bertz CT molecular complexity index is 652. The predicted molar refractivity (Wildman–Crippen MR) is 83.8 cm³/mol. The second-order valence-corrected chi connectivity index (χ2v) is 5.41. The fourth-order valence-corrected chi connectivity index (χ4v) is 1.92. The summed E-state index contributed by atoms with van der Waals surface area (Å²) in [4.78, 5) is 20.5. The van der Waals surface area contributed by atoms with Gasteiger partial charge in [0.25, 0.3) is 5.91 Å². The lowest BCUT2D eigenvalue weighted by atomic mass is 10.1. The number of aryl methyl sites for hydroxylation is 1. The van der Waals surface area contributed by atoms with Crippen LogP contribution in [0.1, 0.15) is 29.8 Å². The molecule has 0 bridgehead atoms. The summed E-state index contributed by atoms with van der Waals surface area (Å²) >= 11 is 0. The molecule has 110 valence electrons. The van der Waals surface area contributed by atoms with Crippen molar-refractivity contribution >= 4 is 11.7 Å². The van der Waals surface area contributed by atoms with E-state index in [9.17, 15) is 4.79 Å². The SMILES string of the molecule is Cc1ccccc1-c1ncc(C(=O)NCC(C)C)c(N)n1. The van der Waals surface area contributed by atoms with Crippen molar-refractivity contribution in [2.45, 2.75) is 20.8 Å². The highest BCUT2D eigenvalue weighted by atomic mass is 16.1. The maximum atomic E-state index is 12.0. The third-order valence-corrected chi connectivity index (χ3v) is 3.12. The van der Waals surface area contributed by atoms with E-state index in [1.165, 1.54) is 6.20 Å². The summed E-state index contributed by atoms with van der Waals surface area (Å²) in [7, 11) is 0. The van der Waals surface area contributed by atoms with Crippen molar-refractivity contribution in [2.75, 3.05) is 12.3 Å². The quantitative estimate of drug-likeness (QED) is 0.903. The van der Waals surface area contributed by atoms with Gasteiger partial charge in [-0.05, 0) is 18.4 Å². The van der Waals surface area contributed by atoms with E-state index < -0.39 is 0 Å². The van der Waals surface area contributed by atoms with Gasteiger partial charge in [0.15, 0.2) is 5.82 Å². The Balaban J connectivity index is 2.26. The molecule has 1 aromatic heterocycles. The molecule has 1 aromatic carbocycles.